The number of rotatable bonds is 5. The zero-order valence-electron chi connectivity index (χ0n) is 18.7. The molecule has 1 unspecified atom stereocenters. The van der Waals surface area contributed by atoms with Gasteiger partial charge in [0.05, 0.1) is 12.3 Å². The zero-order valence-corrected chi connectivity index (χ0v) is 19.5. The first-order valence-corrected chi connectivity index (χ1v) is 11.8. The minimum absolute atomic E-state index is 0.295. The normalized spacial score (nSPS) is 18.4. The fourth-order valence-corrected chi connectivity index (χ4v) is 5.51. The number of nitrogens with two attached hydrogens (primary N) is 1. The molecule has 0 amide bonds. The Kier molecular flexibility index (Phi) is 5.66. The molecule has 2 aromatic carbocycles. The van der Waals surface area contributed by atoms with E-state index in [1.807, 2.05) is 36.1 Å². The summed E-state index contributed by atoms with van der Waals surface area (Å²) in [6.07, 6.45) is 6.14. The molecular formula is C26H30N4OS. The molecule has 6 heteroatoms. The largest absolute Gasteiger partial charge is 0.492 e. The number of para-hydroxylation sites is 2. The molecule has 0 radical (unpaired) electrons. The molecular weight excluding hydrogens is 416 g/mol. The zero-order chi connectivity index (χ0) is 22.2. The van der Waals surface area contributed by atoms with E-state index in [9.17, 15) is 0 Å². The highest BCUT2D eigenvalue weighted by Crippen LogP contribution is 2.40. The van der Waals surface area contributed by atoms with E-state index in [4.69, 9.17) is 22.7 Å². The average Bonchev–Trinajstić information content (AvgIpc) is 3.37. The smallest absolute Gasteiger partial charge is 0.175 e. The van der Waals surface area contributed by atoms with E-state index in [0.717, 1.165) is 35.6 Å². The maximum Gasteiger partial charge on any atom is 0.175 e. The van der Waals surface area contributed by atoms with Gasteiger partial charge in [-0.2, -0.15) is 0 Å². The Morgan fingerprint density at radius 3 is 2.94 bits per heavy atom. The fourth-order valence-electron chi connectivity index (χ4n) is 5.31. The van der Waals surface area contributed by atoms with Crippen LogP contribution in [0.3, 0.4) is 0 Å². The lowest BCUT2D eigenvalue weighted by Crippen LogP contribution is -2.32. The van der Waals surface area contributed by atoms with Crippen molar-refractivity contribution in [2.24, 2.45) is 5.73 Å². The molecule has 32 heavy (non-hydrogen) atoms. The van der Waals surface area contributed by atoms with Crippen LogP contribution in [-0.2, 0) is 0 Å². The monoisotopic (exact) mass is 446 g/mol. The van der Waals surface area contributed by atoms with E-state index in [1.165, 1.54) is 41.6 Å². The molecule has 0 aliphatic carbocycles. The van der Waals surface area contributed by atoms with Crippen LogP contribution in [0.15, 0.2) is 48.5 Å². The number of benzene rings is 2. The van der Waals surface area contributed by atoms with E-state index in [1.54, 1.807) is 0 Å². The summed E-state index contributed by atoms with van der Waals surface area (Å²) < 4.78 is 5.86. The molecule has 1 aromatic heterocycles. The fraction of sp³-hybridized carbons (Fsp3) is 0.346. The summed E-state index contributed by atoms with van der Waals surface area (Å²) in [6.45, 7) is 7.01. The summed E-state index contributed by atoms with van der Waals surface area (Å²) in [5.74, 6) is 0.768. The number of hydrogen-bond donors (Lipinski definition) is 2. The molecule has 1 saturated heterocycles. The van der Waals surface area contributed by atoms with E-state index in [-0.39, 0.29) is 0 Å². The number of fused-ring (bicyclic) bond motifs is 2. The van der Waals surface area contributed by atoms with Crippen molar-refractivity contribution < 1.29 is 4.74 Å². The van der Waals surface area contributed by atoms with Gasteiger partial charge >= 0.3 is 0 Å². The second-order valence-corrected chi connectivity index (χ2v) is 9.07. The first-order chi connectivity index (χ1) is 15.6. The Balaban J connectivity index is 1.60. The Bertz CT molecular complexity index is 1200. The Labute approximate surface area is 194 Å². The van der Waals surface area contributed by atoms with Gasteiger partial charge in [-0.15, -0.1) is 0 Å². The van der Waals surface area contributed by atoms with Crippen molar-refractivity contribution in [3.63, 3.8) is 0 Å². The summed E-state index contributed by atoms with van der Waals surface area (Å²) in [4.78, 5) is 8.10. The standard InChI is InChI=1S/C26H30N4OS/c1-3-31-24-9-5-4-8-23(24)30(26(27)32)20-10-11-22-21(16-20)25(17(2)28-22)18-12-14-29-13-6-7-19(29)15-18/h4-5,8-12,16,19,28H,3,6-7,13-15H2,1-2H3,(H2,27,32). The van der Waals surface area contributed by atoms with Crippen molar-refractivity contribution in [3.05, 3.63) is 59.8 Å². The minimum atomic E-state index is 0.295. The van der Waals surface area contributed by atoms with Crippen LogP contribution < -0.4 is 15.4 Å². The van der Waals surface area contributed by atoms with Crippen LogP contribution in [0.2, 0.25) is 0 Å². The Morgan fingerprint density at radius 1 is 1.28 bits per heavy atom. The topological polar surface area (TPSA) is 57.5 Å². The molecule has 5 nitrogen and oxygen atoms in total. The van der Waals surface area contributed by atoms with Crippen LogP contribution in [0.5, 0.6) is 5.75 Å². The number of ether oxygens (including phenoxy) is 1. The molecule has 3 heterocycles. The predicted molar refractivity (Wildman–Crippen MR) is 137 cm³/mol. The molecule has 3 aromatic rings. The quantitative estimate of drug-likeness (QED) is 0.506. The highest BCUT2D eigenvalue weighted by atomic mass is 32.1. The van der Waals surface area contributed by atoms with Crippen molar-refractivity contribution in [2.75, 3.05) is 24.6 Å². The third kappa shape index (κ3) is 3.67. The van der Waals surface area contributed by atoms with Crippen molar-refractivity contribution in [2.45, 2.75) is 39.2 Å². The highest BCUT2D eigenvalue weighted by molar-refractivity contribution is 7.80. The lowest BCUT2D eigenvalue weighted by Gasteiger charge is -2.29. The summed E-state index contributed by atoms with van der Waals surface area (Å²) in [6, 6.07) is 15.0. The van der Waals surface area contributed by atoms with Gasteiger partial charge in [0.25, 0.3) is 0 Å². The summed E-state index contributed by atoms with van der Waals surface area (Å²) in [5.41, 5.74) is 13.2. The predicted octanol–water partition coefficient (Wildman–Crippen LogP) is 5.51. The number of nitrogens with one attached hydrogen (secondary N) is 1. The first kappa shape index (κ1) is 21.0. The number of H-pyrrole nitrogens is 1. The number of aromatic nitrogens is 1. The van der Waals surface area contributed by atoms with E-state index in [0.29, 0.717) is 17.8 Å². The van der Waals surface area contributed by atoms with E-state index >= 15 is 0 Å². The molecule has 166 valence electrons. The molecule has 3 N–H and O–H groups in total. The molecule has 2 aliphatic heterocycles. The lowest BCUT2D eigenvalue weighted by molar-refractivity contribution is 0.275. The highest BCUT2D eigenvalue weighted by Gasteiger charge is 2.29. The molecule has 0 bridgehead atoms. The number of anilines is 2. The van der Waals surface area contributed by atoms with Gasteiger partial charge in [0, 0.05) is 40.4 Å². The number of aryl methyl sites for hydroxylation is 1. The van der Waals surface area contributed by atoms with Crippen LogP contribution in [-0.4, -0.2) is 40.7 Å². The second kappa shape index (κ2) is 8.60. The van der Waals surface area contributed by atoms with Crippen LogP contribution in [0.1, 0.15) is 37.4 Å². The van der Waals surface area contributed by atoms with E-state index < -0.39 is 0 Å². The van der Waals surface area contributed by atoms with Crippen LogP contribution in [0.25, 0.3) is 16.5 Å². The van der Waals surface area contributed by atoms with Gasteiger partial charge in [0.1, 0.15) is 5.75 Å². The number of aromatic amines is 1. The van der Waals surface area contributed by atoms with Crippen molar-refractivity contribution in [1.82, 2.24) is 9.88 Å². The second-order valence-electron chi connectivity index (χ2n) is 8.65. The van der Waals surface area contributed by atoms with Crippen LogP contribution in [0, 0.1) is 6.92 Å². The lowest BCUT2D eigenvalue weighted by atomic mass is 9.92. The van der Waals surface area contributed by atoms with Crippen molar-refractivity contribution in [3.8, 4) is 5.75 Å². The van der Waals surface area contributed by atoms with Crippen LogP contribution >= 0.6 is 12.2 Å². The molecule has 1 atom stereocenters. The summed E-state index contributed by atoms with van der Waals surface area (Å²) in [7, 11) is 0. The van der Waals surface area contributed by atoms with Gasteiger partial charge in [-0.05, 0) is 87.8 Å². The van der Waals surface area contributed by atoms with Gasteiger partial charge in [0.15, 0.2) is 5.11 Å². The average molecular weight is 447 g/mol. The van der Waals surface area contributed by atoms with Gasteiger partial charge in [-0.3, -0.25) is 9.80 Å². The maximum absolute atomic E-state index is 6.23. The molecule has 0 spiro atoms. The molecule has 1 fully saturated rings. The summed E-state index contributed by atoms with van der Waals surface area (Å²) >= 11 is 5.49. The number of nitrogens with zero attached hydrogens (tertiary/aromatic N) is 2. The maximum atomic E-state index is 6.23. The summed E-state index contributed by atoms with van der Waals surface area (Å²) in [5, 5.41) is 1.51. The molecule has 2 aliphatic rings. The minimum Gasteiger partial charge on any atom is -0.492 e. The third-order valence-electron chi connectivity index (χ3n) is 6.70. The van der Waals surface area contributed by atoms with Crippen LogP contribution in [0.4, 0.5) is 11.4 Å². The van der Waals surface area contributed by atoms with E-state index in [2.05, 4.69) is 41.1 Å². The Hall–Kier alpha value is -2.83. The van der Waals surface area contributed by atoms with Gasteiger partial charge in [-0.25, -0.2) is 0 Å². The molecule has 0 saturated carbocycles. The molecule has 5 rings (SSSR count). The van der Waals surface area contributed by atoms with Crippen molar-refractivity contribution >= 4 is 45.2 Å². The van der Waals surface area contributed by atoms with Gasteiger partial charge in [-0.1, -0.05) is 18.2 Å². The SMILES string of the molecule is CCOc1ccccc1N(C(N)=S)c1ccc2[nH]c(C)c(C3=CCN4CCCC4C3)c2c1. The Morgan fingerprint density at radius 2 is 2.12 bits per heavy atom. The number of hydrogen-bond acceptors (Lipinski definition) is 3. The van der Waals surface area contributed by atoms with Crippen molar-refractivity contribution in [1.29, 1.82) is 0 Å². The first-order valence-electron chi connectivity index (χ1n) is 11.4. The third-order valence-corrected chi connectivity index (χ3v) is 6.88. The number of thiocarbonyl (C=S) groups is 1. The van der Waals surface area contributed by atoms with Gasteiger partial charge in [0.2, 0.25) is 0 Å². The van der Waals surface area contributed by atoms with Gasteiger partial charge < -0.3 is 15.5 Å².